The zero-order valence-corrected chi connectivity index (χ0v) is 16.0. The van der Waals surface area contributed by atoms with Gasteiger partial charge in [0, 0.05) is 11.1 Å². The van der Waals surface area contributed by atoms with Crippen LogP contribution in [-0.4, -0.2) is 26.7 Å². The summed E-state index contributed by atoms with van der Waals surface area (Å²) in [6.07, 6.45) is 0. The van der Waals surface area contributed by atoms with E-state index in [0.717, 1.165) is 5.56 Å². The Balaban J connectivity index is 2.13. The summed E-state index contributed by atoms with van der Waals surface area (Å²) in [4.78, 5) is 12.6. The highest BCUT2D eigenvalue weighted by Crippen LogP contribution is 2.29. The van der Waals surface area contributed by atoms with Gasteiger partial charge in [0.15, 0.2) is 0 Å². The van der Waals surface area contributed by atoms with Gasteiger partial charge in [-0.3, -0.25) is 4.79 Å². The number of hydrogen-bond acceptors (Lipinski definition) is 4. The van der Waals surface area contributed by atoms with Crippen molar-refractivity contribution in [2.45, 2.75) is 26.8 Å². The summed E-state index contributed by atoms with van der Waals surface area (Å²) in [6, 6.07) is 12.5. The number of amides is 1. The highest BCUT2D eigenvalue weighted by Gasteiger charge is 2.16. The highest BCUT2D eigenvalue weighted by atomic mass is 16.5. The molecule has 0 aromatic heterocycles. The molecule has 0 radical (unpaired) electrons. The summed E-state index contributed by atoms with van der Waals surface area (Å²) in [5.74, 6) is 2.36. The molecular weight excluding hydrogens is 330 g/mol. The molecule has 0 aliphatic heterocycles. The van der Waals surface area contributed by atoms with Gasteiger partial charge in [-0.15, -0.1) is 0 Å². The first-order valence-corrected chi connectivity index (χ1v) is 8.70. The van der Waals surface area contributed by atoms with Crippen molar-refractivity contribution in [2.24, 2.45) is 5.92 Å². The molecule has 0 saturated heterocycles. The number of carbonyl (C=O) groups is 1. The second-order valence-electron chi connectivity index (χ2n) is 6.54. The molecule has 2 aromatic rings. The molecule has 5 heteroatoms. The lowest BCUT2D eigenvalue weighted by molar-refractivity contribution is 0.0939. The van der Waals surface area contributed by atoms with Crippen molar-refractivity contribution in [3.8, 4) is 17.2 Å². The van der Waals surface area contributed by atoms with Crippen LogP contribution in [0.3, 0.4) is 0 Å². The van der Waals surface area contributed by atoms with Crippen molar-refractivity contribution >= 4 is 5.91 Å². The fraction of sp³-hybridized carbons (Fsp3) is 0.381. The number of carbonyl (C=O) groups excluding carboxylic acids is 1. The Morgan fingerprint density at radius 1 is 1.00 bits per heavy atom. The summed E-state index contributed by atoms with van der Waals surface area (Å²) >= 11 is 0. The average molecular weight is 357 g/mol. The normalized spacial score (nSPS) is 11.8. The van der Waals surface area contributed by atoms with Gasteiger partial charge >= 0.3 is 0 Å². The van der Waals surface area contributed by atoms with Crippen LogP contribution in [0.2, 0.25) is 0 Å². The third-order valence-electron chi connectivity index (χ3n) is 3.93. The van der Waals surface area contributed by atoms with E-state index in [4.69, 9.17) is 14.2 Å². The summed E-state index contributed by atoms with van der Waals surface area (Å²) in [6.45, 7) is 6.69. The number of ether oxygens (including phenoxy) is 3. The second-order valence-corrected chi connectivity index (χ2v) is 6.54. The zero-order valence-electron chi connectivity index (χ0n) is 16.0. The molecule has 2 aromatic carbocycles. The molecule has 0 spiro atoms. The molecule has 0 aliphatic rings. The highest BCUT2D eigenvalue weighted by molar-refractivity contribution is 5.94. The Morgan fingerprint density at radius 2 is 1.77 bits per heavy atom. The maximum Gasteiger partial charge on any atom is 0.251 e. The first kappa shape index (κ1) is 19.6. The standard InChI is InChI=1S/C21H27NO4/c1-14(2)13-26-18-8-6-7-16(11-18)21(23)22-15(3)19-12-17(24-4)9-10-20(19)25-5/h6-12,14-15H,13H2,1-5H3,(H,22,23)/t15-/m1/s1. The molecule has 1 N–H and O–H groups in total. The van der Waals surface area contributed by atoms with E-state index < -0.39 is 0 Å². The van der Waals surface area contributed by atoms with Crippen LogP contribution in [0.5, 0.6) is 17.2 Å². The molecule has 0 fully saturated rings. The van der Waals surface area contributed by atoms with Crippen molar-refractivity contribution in [1.82, 2.24) is 5.32 Å². The summed E-state index contributed by atoms with van der Waals surface area (Å²) in [5, 5.41) is 3.00. The van der Waals surface area contributed by atoms with Crippen LogP contribution in [0, 0.1) is 5.92 Å². The molecule has 2 rings (SSSR count). The minimum absolute atomic E-state index is 0.169. The van der Waals surface area contributed by atoms with E-state index in [1.54, 1.807) is 26.4 Å². The first-order valence-electron chi connectivity index (χ1n) is 8.70. The minimum atomic E-state index is -0.243. The number of methoxy groups -OCH3 is 2. The van der Waals surface area contributed by atoms with Gasteiger partial charge in [0.05, 0.1) is 26.9 Å². The third-order valence-corrected chi connectivity index (χ3v) is 3.93. The van der Waals surface area contributed by atoms with Crippen molar-refractivity contribution in [3.05, 3.63) is 53.6 Å². The summed E-state index contributed by atoms with van der Waals surface area (Å²) in [5.41, 5.74) is 1.41. The minimum Gasteiger partial charge on any atom is -0.497 e. The van der Waals surface area contributed by atoms with E-state index in [0.29, 0.717) is 35.3 Å². The van der Waals surface area contributed by atoms with Crippen LogP contribution >= 0.6 is 0 Å². The van der Waals surface area contributed by atoms with Crippen LogP contribution in [0.25, 0.3) is 0 Å². The van der Waals surface area contributed by atoms with E-state index in [2.05, 4.69) is 19.2 Å². The predicted octanol–water partition coefficient (Wildman–Crippen LogP) is 4.23. The van der Waals surface area contributed by atoms with Gasteiger partial charge in [-0.05, 0) is 49.2 Å². The Morgan fingerprint density at radius 3 is 2.42 bits per heavy atom. The maximum absolute atomic E-state index is 12.6. The molecule has 0 saturated carbocycles. The Hall–Kier alpha value is -2.69. The predicted molar refractivity (Wildman–Crippen MR) is 102 cm³/mol. The quantitative estimate of drug-likeness (QED) is 0.768. The van der Waals surface area contributed by atoms with Crippen LogP contribution in [0.15, 0.2) is 42.5 Å². The average Bonchev–Trinajstić information content (AvgIpc) is 2.65. The molecule has 0 aliphatic carbocycles. The lowest BCUT2D eigenvalue weighted by Gasteiger charge is -2.18. The van der Waals surface area contributed by atoms with Crippen molar-refractivity contribution < 1.29 is 19.0 Å². The van der Waals surface area contributed by atoms with Crippen molar-refractivity contribution in [3.63, 3.8) is 0 Å². The van der Waals surface area contributed by atoms with Crippen molar-refractivity contribution in [2.75, 3.05) is 20.8 Å². The molecule has 0 unspecified atom stereocenters. The van der Waals surface area contributed by atoms with Gasteiger partial charge in [-0.1, -0.05) is 19.9 Å². The fourth-order valence-electron chi connectivity index (χ4n) is 2.53. The fourth-order valence-corrected chi connectivity index (χ4v) is 2.53. The monoisotopic (exact) mass is 357 g/mol. The van der Waals surface area contributed by atoms with Gasteiger partial charge < -0.3 is 19.5 Å². The first-order chi connectivity index (χ1) is 12.4. The van der Waals surface area contributed by atoms with E-state index in [9.17, 15) is 4.79 Å². The molecule has 0 bridgehead atoms. The number of benzene rings is 2. The van der Waals surface area contributed by atoms with Gasteiger partial charge in [0.1, 0.15) is 17.2 Å². The van der Waals surface area contributed by atoms with Gasteiger partial charge in [-0.2, -0.15) is 0 Å². The topological polar surface area (TPSA) is 56.8 Å². The Bertz CT molecular complexity index is 743. The van der Waals surface area contributed by atoms with Gasteiger partial charge in [0.2, 0.25) is 0 Å². The van der Waals surface area contributed by atoms with E-state index in [1.807, 2.05) is 37.3 Å². The third kappa shape index (κ3) is 5.15. The molecule has 140 valence electrons. The lowest BCUT2D eigenvalue weighted by Crippen LogP contribution is -2.27. The Labute approximate surface area is 155 Å². The largest absolute Gasteiger partial charge is 0.497 e. The maximum atomic E-state index is 12.6. The van der Waals surface area contributed by atoms with Crippen LogP contribution < -0.4 is 19.5 Å². The smallest absolute Gasteiger partial charge is 0.251 e. The molecule has 5 nitrogen and oxygen atoms in total. The number of nitrogens with one attached hydrogen (secondary N) is 1. The molecule has 1 amide bonds. The number of hydrogen-bond donors (Lipinski definition) is 1. The zero-order chi connectivity index (χ0) is 19.1. The SMILES string of the molecule is COc1ccc(OC)c([C@@H](C)NC(=O)c2cccc(OCC(C)C)c2)c1. The van der Waals surface area contributed by atoms with E-state index >= 15 is 0 Å². The van der Waals surface area contributed by atoms with Crippen LogP contribution in [-0.2, 0) is 0 Å². The summed E-state index contributed by atoms with van der Waals surface area (Å²) < 4.78 is 16.4. The lowest BCUT2D eigenvalue weighted by atomic mass is 10.1. The van der Waals surface area contributed by atoms with Gasteiger partial charge in [0.25, 0.3) is 5.91 Å². The number of rotatable bonds is 8. The second kappa shape index (κ2) is 9.13. The summed E-state index contributed by atoms with van der Waals surface area (Å²) in [7, 11) is 3.22. The van der Waals surface area contributed by atoms with Crippen LogP contribution in [0.4, 0.5) is 0 Å². The van der Waals surface area contributed by atoms with Gasteiger partial charge in [-0.25, -0.2) is 0 Å². The van der Waals surface area contributed by atoms with E-state index in [-0.39, 0.29) is 11.9 Å². The van der Waals surface area contributed by atoms with E-state index in [1.165, 1.54) is 0 Å². The van der Waals surface area contributed by atoms with Crippen molar-refractivity contribution in [1.29, 1.82) is 0 Å². The molecular formula is C21H27NO4. The molecule has 1 atom stereocenters. The molecule has 0 heterocycles. The Kier molecular flexibility index (Phi) is 6.89. The molecule has 26 heavy (non-hydrogen) atoms. The van der Waals surface area contributed by atoms with Crippen LogP contribution in [0.1, 0.15) is 42.7 Å².